The van der Waals surface area contributed by atoms with E-state index in [2.05, 4.69) is 17.1 Å². The molecular formula is C15H23N3O2. The van der Waals surface area contributed by atoms with Crippen molar-refractivity contribution < 1.29 is 4.92 Å². The molecule has 0 aromatic heterocycles. The third-order valence-electron chi connectivity index (χ3n) is 4.12. The van der Waals surface area contributed by atoms with Gasteiger partial charge in [0.1, 0.15) is 11.4 Å². The summed E-state index contributed by atoms with van der Waals surface area (Å²) >= 11 is 0. The molecule has 0 saturated carbocycles. The Morgan fingerprint density at radius 3 is 2.85 bits per heavy atom. The molecule has 5 heteroatoms. The van der Waals surface area contributed by atoms with Crippen molar-refractivity contribution in [1.29, 1.82) is 0 Å². The second kappa shape index (κ2) is 6.59. The van der Waals surface area contributed by atoms with E-state index in [1.807, 2.05) is 12.1 Å². The van der Waals surface area contributed by atoms with Gasteiger partial charge in [-0.2, -0.15) is 0 Å². The van der Waals surface area contributed by atoms with Crippen LogP contribution in [-0.4, -0.2) is 24.6 Å². The molecule has 1 atom stereocenters. The van der Waals surface area contributed by atoms with Gasteiger partial charge < -0.3 is 10.2 Å². The van der Waals surface area contributed by atoms with Gasteiger partial charge in [-0.1, -0.05) is 25.8 Å². The molecule has 2 rings (SSSR count). The molecule has 1 aliphatic heterocycles. The summed E-state index contributed by atoms with van der Waals surface area (Å²) in [6.45, 7) is 3.07. The van der Waals surface area contributed by atoms with Gasteiger partial charge in [-0.05, 0) is 31.4 Å². The lowest BCUT2D eigenvalue weighted by atomic mass is 10.1. The van der Waals surface area contributed by atoms with Crippen LogP contribution in [0.15, 0.2) is 18.2 Å². The van der Waals surface area contributed by atoms with Gasteiger partial charge in [-0.3, -0.25) is 10.1 Å². The van der Waals surface area contributed by atoms with Crippen LogP contribution in [0.4, 0.5) is 17.1 Å². The second-order valence-corrected chi connectivity index (χ2v) is 5.29. The van der Waals surface area contributed by atoms with Gasteiger partial charge in [0.05, 0.1) is 4.92 Å². The predicted molar refractivity (Wildman–Crippen MR) is 82.5 cm³/mol. The van der Waals surface area contributed by atoms with Gasteiger partial charge in [0.25, 0.3) is 0 Å². The number of nitro groups is 1. The van der Waals surface area contributed by atoms with Crippen LogP contribution in [0, 0.1) is 10.1 Å². The average molecular weight is 277 g/mol. The standard InChI is InChI=1S/C15H23N3O2/c1-3-12-8-5-4-6-11-17(12)14-10-7-9-13(16-2)15(14)18(19)20/h7,9-10,12,16H,3-6,8,11H2,1-2H3. The van der Waals surface area contributed by atoms with Gasteiger partial charge >= 0.3 is 5.69 Å². The number of para-hydroxylation sites is 1. The summed E-state index contributed by atoms with van der Waals surface area (Å²) in [6.07, 6.45) is 5.69. The molecule has 0 spiro atoms. The molecule has 1 aliphatic rings. The molecule has 1 saturated heterocycles. The maximum Gasteiger partial charge on any atom is 0.315 e. The number of nitro benzene ring substituents is 1. The molecule has 0 bridgehead atoms. The van der Waals surface area contributed by atoms with Crippen LogP contribution in [0.25, 0.3) is 0 Å². The number of anilines is 2. The first-order valence-electron chi connectivity index (χ1n) is 7.40. The maximum atomic E-state index is 11.5. The zero-order valence-corrected chi connectivity index (χ0v) is 12.3. The number of hydrogen-bond donors (Lipinski definition) is 1. The summed E-state index contributed by atoms with van der Waals surface area (Å²) < 4.78 is 0. The van der Waals surface area contributed by atoms with Crippen LogP contribution in [-0.2, 0) is 0 Å². The summed E-state index contributed by atoms with van der Waals surface area (Å²) in [6, 6.07) is 5.95. The fraction of sp³-hybridized carbons (Fsp3) is 0.600. The van der Waals surface area contributed by atoms with Crippen molar-refractivity contribution >= 4 is 17.1 Å². The fourth-order valence-electron chi connectivity index (χ4n) is 3.08. The Bertz CT molecular complexity index is 476. The third kappa shape index (κ3) is 2.86. The highest BCUT2D eigenvalue weighted by molar-refractivity contribution is 5.77. The summed E-state index contributed by atoms with van der Waals surface area (Å²) in [5, 5.41) is 14.4. The highest BCUT2D eigenvalue weighted by Gasteiger charge is 2.28. The van der Waals surface area contributed by atoms with Crippen LogP contribution < -0.4 is 10.2 Å². The molecular weight excluding hydrogens is 254 g/mol. The summed E-state index contributed by atoms with van der Waals surface area (Å²) in [7, 11) is 1.73. The van der Waals surface area contributed by atoms with Crippen LogP contribution >= 0.6 is 0 Å². The highest BCUT2D eigenvalue weighted by Crippen LogP contribution is 2.38. The minimum Gasteiger partial charge on any atom is -0.382 e. The first-order chi connectivity index (χ1) is 9.69. The quantitative estimate of drug-likeness (QED) is 0.672. The number of nitrogens with zero attached hydrogens (tertiary/aromatic N) is 2. The monoisotopic (exact) mass is 277 g/mol. The van der Waals surface area contributed by atoms with Crippen molar-refractivity contribution in [3.8, 4) is 0 Å². The predicted octanol–water partition coefficient (Wildman–Crippen LogP) is 3.80. The van der Waals surface area contributed by atoms with Crippen LogP contribution in [0.3, 0.4) is 0 Å². The molecule has 1 unspecified atom stereocenters. The molecule has 1 heterocycles. The summed E-state index contributed by atoms with van der Waals surface area (Å²) in [5.41, 5.74) is 1.55. The normalized spacial score (nSPS) is 19.5. The van der Waals surface area contributed by atoms with E-state index in [9.17, 15) is 10.1 Å². The Hall–Kier alpha value is -1.78. The van der Waals surface area contributed by atoms with Crippen LogP contribution in [0.2, 0.25) is 0 Å². The Kier molecular flexibility index (Phi) is 4.82. The molecule has 110 valence electrons. The van der Waals surface area contributed by atoms with E-state index < -0.39 is 0 Å². The molecule has 1 aromatic carbocycles. The molecule has 1 N–H and O–H groups in total. The van der Waals surface area contributed by atoms with Crippen LogP contribution in [0.1, 0.15) is 39.0 Å². The van der Waals surface area contributed by atoms with Gasteiger partial charge in [0.15, 0.2) is 0 Å². The van der Waals surface area contributed by atoms with Gasteiger partial charge in [0.2, 0.25) is 0 Å². The first-order valence-corrected chi connectivity index (χ1v) is 7.40. The van der Waals surface area contributed by atoms with E-state index in [-0.39, 0.29) is 10.6 Å². The number of rotatable bonds is 4. The zero-order valence-electron chi connectivity index (χ0n) is 12.3. The number of nitrogens with one attached hydrogen (secondary N) is 1. The van der Waals surface area contributed by atoms with Crippen LogP contribution in [0.5, 0.6) is 0 Å². The van der Waals surface area contributed by atoms with Crippen molar-refractivity contribution in [2.45, 2.75) is 45.1 Å². The smallest absolute Gasteiger partial charge is 0.315 e. The maximum absolute atomic E-state index is 11.5. The molecule has 0 radical (unpaired) electrons. The molecule has 0 aliphatic carbocycles. The Morgan fingerprint density at radius 2 is 2.20 bits per heavy atom. The first kappa shape index (κ1) is 14.6. The Balaban J connectivity index is 2.46. The Labute approximate surface area is 120 Å². The number of benzene rings is 1. The largest absolute Gasteiger partial charge is 0.382 e. The van der Waals surface area contributed by atoms with Crippen molar-refractivity contribution in [2.24, 2.45) is 0 Å². The molecule has 1 aromatic rings. The van der Waals surface area contributed by atoms with Crippen molar-refractivity contribution in [2.75, 3.05) is 23.8 Å². The third-order valence-corrected chi connectivity index (χ3v) is 4.12. The Morgan fingerprint density at radius 1 is 1.40 bits per heavy atom. The van der Waals surface area contributed by atoms with Gasteiger partial charge in [-0.15, -0.1) is 0 Å². The number of hydrogen-bond acceptors (Lipinski definition) is 4. The van der Waals surface area contributed by atoms with Crippen molar-refractivity contribution in [3.05, 3.63) is 28.3 Å². The fourth-order valence-corrected chi connectivity index (χ4v) is 3.08. The summed E-state index contributed by atoms with van der Waals surface area (Å²) in [5.74, 6) is 0. The minimum atomic E-state index is -0.265. The molecule has 5 nitrogen and oxygen atoms in total. The van der Waals surface area contributed by atoms with Crippen molar-refractivity contribution in [1.82, 2.24) is 0 Å². The SMILES string of the molecule is CCC1CCCCCN1c1cccc(NC)c1[N+](=O)[O-]. The highest BCUT2D eigenvalue weighted by atomic mass is 16.6. The van der Waals surface area contributed by atoms with E-state index in [1.165, 1.54) is 12.8 Å². The van der Waals surface area contributed by atoms with E-state index in [4.69, 9.17) is 0 Å². The average Bonchev–Trinajstić information content (AvgIpc) is 2.71. The lowest BCUT2D eigenvalue weighted by molar-refractivity contribution is -0.383. The van der Waals surface area contributed by atoms with E-state index in [0.717, 1.165) is 31.5 Å². The van der Waals surface area contributed by atoms with Gasteiger partial charge in [-0.25, -0.2) is 0 Å². The lowest BCUT2D eigenvalue weighted by Crippen LogP contribution is -2.34. The van der Waals surface area contributed by atoms with E-state index in [1.54, 1.807) is 13.1 Å². The second-order valence-electron chi connectivity index (χ2n) is 5.29. The molecule has 20 heavy (non-hydrogen) atoms. The van der Waals surface area contributed by atoms with Gasteiger partial charge in [0, 0.05) is 19.6 Å². The van der Waals surface area contributed by atoms with E-state index >= 15 is 0 Å². The minimum absolute atomic E-state index is 0.204. The van der Waals surface area contributed by atoms with E-state index in [0.29, 0.717) is 11.7 Å². The topological polar surface area (TPSA) is 58.4 Å². The zero-order chi connectivity index (χ0) is 14.5. The summed E-state index contributed by atoms with van der Waals surface area (Å²) in [4.78, 5) is 13.4. The molecule has 0 amide bonds. The lowest BCUT2D eigenvalue weighted by Gasteiger charge is -2.31. The van der Waals surface area contributed by atoms with Crippen molar-refractivity contribution in [3.63, 3.8) is 0 Å². The molecule has 1 fully saturated rings.